The number of halogens is 1. The van der Waals surface area contributed by atoms with Crippen molar-refractivity contribution in [2.24, 2.45) is 7.05 Å². The summed E-state index contributed by atoms with van der Waals surface area (Å²) in [6.45, 7) is 4.33. The Morgan fingerprint density at radius 3 is 2.65 bits per heavy atom. The van der Waals surface area contributed by atoms with Gasteiger partial charge in [0.1, 0.15) is 11.6 Å². The lowest BCUT2D eigenvalue weighted by molar-refractivity contribution is 0.616. The van der Waals surface area contributed by atoms with E-state index in [9.17, 15) is 4.39 Å². The van der Waals surface area contributed by atoms with Gasteiger partial charge < -0.3 is 5.32 Å². The average Bonchev–Trinajstić information content (AvgIpc) is 2.60. The van der Waals surface area contributed by atoms with Crippen LogP contribution in [-0.2, 0) is 13.6 Å². The molecule has 0 saturated carbocycles. The molecule has 0 unspecified atom stereocenters. The third kappa shape index (κ3) is 2.64. The summed E-state index contributed by atoms with van der Waals surface area (Å²) in [5.74, 6) is 0.646. The van der Waals surface area contributed by atoms with Gasteiger partial charge in [0.15, 0.2) is 0 Å². The number of aromatic nitrogens is 2. The van der Waals surface area contributed by atoms with Crippen LogP contribution in [0.4, 0.5) is 10.2 Å². The molecule has 0 aliphatic heterocycles. The van der Waals surface area contributed by atoms with Crippen LogP contribution in [0.3, 0.4) is 0 Å². The number of anilines is 1. The zero-order valence-corrected chi connectivity index (χ0v) is 10.3. The van der Waals surface area contributed by atoms with Crippen LogP contribution >= 0.6 is 0 Å². The van der Waals surface area contributed by atoms with Crippen molar-refractivity contribution >= 4 is 5.82 Å². The van der Waals surface area contributed by atoms with E-state index in [0.29, 0.717) is 12.1 Å². The van der Waals surface area contributed by atoms with Gasteiger partial charge in [-0.15, -0.1) is 0 Å². The Hall–Kier alpha value is -1.84. The minimum absolute atomic E-state index is 0.165. The first-order valence-electron chi connectivity index (χ1n) is 5.56. The number of nitrogens with one attached hydrogen (secondary N) is 1. The Morgan fingerprint density at radius 2 is 2.06 bits per heavy atom. The second-order valence-electron chi connectivity index (χ2n) is 4.23. The molecule has 1 aromatic carbocycles. The van der Waals surface area contributed by atoms with Gasteiger partial charge in [-0.05, 0) is 31.0 Å². The molecule has 1 heterocycles. The van der Waals surface area contributed by atoms with Gasteiger partial charge in [0.25, 0.3) is 0 Å². The Balaban J connectivity index is 2.04. The Kier molecular flexibility index (Phi) is 3.13. The van der Waals surface area contributed by atoms with E-state index in [4.69, 9.17) is 0 Å². The van der Waals surface area contributed by atoms with Crippen LogP contribution in [0.1, 0.15) is 16.8 Å². The molecule has 90 valence electrons. The highest BCUT2D eigenvalue weighted by atomic mass is 19.1. The third-order valence-electron chi connectivity index (χ3n) is 2.82. The smallest absolute Gasteiger partial charge is 0.148 e. The molecular formula is C13H16FN3. The monoisotopic (exact) mass is 233 g/mol. The molecular weight excluding hydrogens is 217 g/mol. The molecule has 17 heavy (non-hydrogen) atoms. The molecule has 0 spiro atoms. The summed E-state index contributed by atoms with van der Waals surface area (Å²) in [6, 6.07) is 7.22. The molecule has 1 N–H and O–H groups in total. The van der Waals surface area contributed by atoms with Crippen molar-refractivity contribution in [2.75, 3.05) is 5.32 Å². The van der Waals surface area contributed by atoms with Crippen LogP contribution in [-0.4, -0.2) is 9.78 Å². The minimum Gasteiger partial charge on any atom is -0.365 e. The van der Waals surface area contributed by atoms with Crippen LogP contribution < -0.4 is 5.32 Å². The van der Waals surface area contributed by atoms with E-state index in [1.165, 1.54) is 0 Å². The summed E-state index contributed by atoms with van der Waals surface area (Å²) in [6.07, 6.45) is 0. The zero-order valence-electron chi connectivity index (χ0n) is 10.3. The fraction of sp³-hybridized carbons (Fsp3) is 0.308. The van der Waals surface area contributed by atoms with Crippen LogP contribution in [0.25, 0.3) is 0 Å². The number of rotatable bonds is 3. The maximum Gasteiger partial charge on any atom is 0.148 e. The Morgan fingerprint density at radius 1 is 1.29 bits per heavy atom. The average molecular weight is 233 g/mol. The van der Waals surface area contributed by atoms with Crippen LogP contribution in [0.15, 0.2) is 24.3 Å². The number of hydrogen-bond donors (Lipinski definition) is 1. The van der Waals surface area contributed by atoms with Gasteiger partial charge in [-0.3, -0.25) is 4.68 Å². The summed E-state index contributed by atoms with van der Waals surface area (Å²) < 4.78 is 15.1. The van der Waals surface area contributed by atoms with Crippen LogP contribution in [0.5, 0.6) is 0 Å². The third-order valence-corrected chi connectivity index (χ3v) is 2.82. The highest BCUT2D eigenvalue weighted by Crippen LogP contribution is 2.12. The quantitative estimate of drug-likeness (QED) is 0.883. The van der Waals surface area contributed by atoms with Crippen LogP contribution in [0, 0.1) is 19.7 Å². The summed E-state index contributed by atoms with van der Waals surface area (Å²) >= 11 is 0. The predicted molar refractivity (Wildman–Crippen MR) is 66.4 cm³/mol. The molecule has 0 atom stereocenters. The maximum absolute atomic E-state index is 13.3. The maximum atomic E-state index is 13.3. The fourth-order valence-corrected chi connectivity index (χ4v) is 1.59. The van der Waals surface area contributed by atoms with E-state index in [1.54, 1.807) is 23.7 Å². The van der Waals surface area contributed by atoms with E-state index in [1.807, 2.05) is 26.1 Å². The van der Waals surface area contributed by atoms with Crippen molar-refractivity contribution in [3.8, 4) is 0 Å². The lowest BCUT2D eigenvalue weighted by atomic mass is 10.1. The summed E-state index contributed by atoms with van der Waals surface area (Å²) in [4.78, 5) is 0. The Bertz CT molecular complexity index is 512. The summed E-state index contributed by atoms with van der Waals surface area (Å²) in [5, 5.41) is 7.45. The molecule has 4 heteroatoms. The standard InChI is InChI=1S/C13H16FN3/c1-9-4-5-11(7-12(9)14)8-15-13-6-10(2)17(3)16-13/h4-7H,8H2,1-3H3,(H,15,16). The van der Waals surface area contributed by atoms with Crippen molar-refractivity contribution < 1.29 is 4.39 Å². The van der Waals surface area contributed by atoms with E-state index in [-0.39, 0.29) is 5.82 Å². The van der Waals surface area contributed by atoms with Gasteiger partial charge in [-0.1, -0.05) is 12.1 Å². The predicted octanol–water partition coefficient (Wildman–Crippen LogP) is 2.79. The molecule has 2 aromatic rings. The molecule has 0 radical (unpaired) electrons. The molecule has 1 aromatic heterocycles. The van der Waals surface area contributed by atoms with E-state index < -0.39 is 0 Å². The molecule has 0 aliphatic rings. The van der Waals surface area contributed by atoms with Crippen LogP contribution in [0.2, 0.25) is 0 Å². The van der Waals surface area contributed by atoms with Gasteiger partial charge in [0.2, 0.25) is 0 Å². The largest absolute Gasteiger partial charge is 0.365 e. The first kappa shape index (κ1) is 11.6. The van der Waals surface area contributed by atoms with Crippen molar-refractivity contribution in [3.63, 3.8) is 0 Å². The van der Waals surface area contributed by atoms with Gasteiger partial charge in [0.05, 0.1) is 0 Å². The normalized spacial score (nSPS) is 10.6. The lowest BCUT2D eigenvalue weighted by Crippen LogP contribution is -2.01. The summed E-state index contributed by atoms with van der Waals surface area (Å²) in [5.41, 5.74) is 2.67. The van der Waals surface area contributed by atoms with Crippen molar-refractivity contribution in [1.29, 1.82) is 0 Å². The van der Waals surface area contributed by atoms with Crippen molar-refractivity contribution in [3.05, 3.63) is 46.9 Å². The molecule has 3 nitrogen and oxygen atoms in total. The molecule has 0 aliphatic carbocycles. The molecule has 0 saturated heterocycles. The highest BCUT2D eigenvalue weighted by molar-refractivity contribution is 5.37. The van der Waals surface area contributed by atoms with Crippen molar-refractivity contribution in [2.45, 2.75) is 20.4 Å². The van der Waals surface area contributed by atoms with Gasteiger partial charge in [-0.25, -0.2) is 4.39 Å². The van der Waals surface area contributed by atoms with Gasteiger partial charge in [0, 0.05) is 25.4 Å². The van der Waals surface area contributed by atoms with E-state index in [0.717, 1.165) is 17.1 Å². The zero-order chi connectivity index (χ0) is 12.4. The second kappa shape index (κ2) is 4.57. The molecule has 0 bridgehead atoms. The topological polar surface area (TPSA) is 29.9 Å². The van der Waals surface area contributed by atoms with E-state index >= 15 is 0 Å². The lowest BCUT2D eigenvalue weighted by Gasteiger charge is -2.04. The highest BCUT2D eigenvalue weighted by Gasteiger charge is 2.02. The number of aryl methyl sites for hydroxylation is 3. The summed E-state index contributed by atoms with van der Waals surface area (Å²) in [7, 11) is 1.89. The molecule has 2 rings (SSSR count). The number of nitrogens with zero attached hydrogens (tertiary/aromatic N) is 2. The minimum atomic E-state index is -0.165. The van der Waals surface area contributed by atoms with E-state index in [2.05, 4.69) is 10.4 Å². The second-order valence-corrected chi connectivity index (χ2v) is 4.23. The first-order valence-corrected chi connectivity index (χ1v) is 5.56. The number of hydrogen-bond acceptors (Lipinski definition) is 2. The fourth-order valence-electron chi connectivity index (χ4n) is 1.59. The SMILES string of the molecule is Cc1ccc(CNc2cc(C)n(C)n2)cc1F. The molecule has 0 fully saturated rings. The van der Waals surface area contributed by atoms with Crippen molar-refractivity contribution in [1.82, 2.24) is 9.78 Å². The Labute approximate surface area is 100 Å². The molecule has 0 amide bonds. The van der Waals surface area contributed by atoms with Gasteiger partial charge in [-0.2, -0.15) is 5.10 Å². The van der Waals surface area contributed by atoms with Gasteiger partial charge >= 0.3 is 0 Å². The first-order chi connectivity index (χ1) is 8.06. The number of benzene rings is 1.